The van der Waals surface area contributed by atoms with Gasteiger partial charge in [-0.05, 0) is 27.2 Å². The summed E-state index contributed by atoms with van der Waals surface area (Å²) >= 11 is 0. The van der Waals surface area contributed by atoms with Gasteiger partial charge in [-0.2, -0.15) is 4.98 Å². The maximum absolute atomic E-state index is 5.49. The van der Waals surface area contributed by atoms with Gasteiger partial charge in [0.05, 0.1) is 12.3 Å². The van der Waals surface area contributed by atoms with E-state index in [2.05, 4.69) is 38.0 Å². The van der Waals surface area contributed by atoms with Gasteiger partial charge in [0, 0.05) is 12.1 Å². The third-order valence-electron chi connectivity index (χ3n) is 2.80. The Morgan fingerprint density at radius 3 is 2.63 bits per heavy atom. The summed E-state index contributed by atoms with van der Waals surface area (Å²) in [6.07, 6.45) is 8.19. The lowest BCUT2D eigenvalue weighted by Crippen LogP contribution is -2.35. The summed E-state index contributed by atoms with van der Waals surface area (Å²) in [5.41, 5.74) is 0.968. The first-order valence-corrected chi connectivity index (χ1v) is 7.33. The van der Waals surface area contributed by atoms with Crippen molar-refractivity contribution in [3.8, 4) is 6.08 Å². The maximum Gasteiger partial charge on any atom is 0.393 e. The largest absolute Gasteiger partial charge is 0.450 e. The van der Waals surface area contributed by atoms with Crippen molar-refractivity contribution in [3.63, 3.8) is 0 Å². The van der Waals surface area contributed by atoms with E-state index in [0.29, 0.717) is 19.2 Å². The molecule has 1 rings (SSSR count). The lowest BCUT2D eigenvalue weighted by molar-refractivity contribution is 0.224. The van der Waals surface area contributed by atoms with Crippen molar-refractivity contribution in [2.45, 2.75) is 71.9 Å². The number of hydrogen-bond donors (Lipinski definition) is 1. The van der Waals surface area contributed by atoms with Gasteiger partial charge in [-0.1, -0.05) is 32.6 Å². The van der Waals surface area contributed by atoms with Crippen molar-refractivity contribution in [1.29, 1.82) is 0 Å². The number of nitrogens with one attached hydrogen (secondary N) is 1. The summed E-state index contributed by atoms with van der Waals surface area (Å²) in [5, 5.41) is 3.36. The number of rotatable bonds is 9. The molecule has 0 aliphatic carbocycles. The second kappa shape index (κ2) is 8.20. The van der Waals surface area contributed by atoms with E-state index < -0.39 is 0 Å². The zero-order valence-corrected chi connectivity index (χ0v) is 12.8. The van der Waals surface area contributed by atoms with Crippen LogP contribution in [0.25, 0.3) is 0 Å². The highest BCUT2D eigenvalue weighted by molar-refractivity contribution is 5.00. The van der Waals surface area contributed by atoms with E-state index in [1.807, 2.05) is 0 Å². The molecule has 0 amide bonds. The normalized spacial score (nSPS) is 11.8. The van der Waals surface area contributed by atoms with Crippen LogP contribution in [0, 0.1) is 0 Å². The smallest absolute Gasteiger partial charge is 0.393 e. The predicted molar refractivity (Wildman–Crippen MR) is 77.3 cm³/mol. The summed E-state index contributed by atoms with van der Waals surface area (Å²) in [5.74, 6) is 0. The molecular formula is C15H28N2O2. The lowest BCUT2D eigenvalue weighted by atomic mass is 10.1. The first kappa shape index (κ1) is 16.0. The summed E-state index contributed by atoms with van der Waals surface area (Å²) < 4.78 is 10.8. The first-order valence-electron chi connectivity index (χ1n) is 7.33. The van der Waals surface area contributed by atoms with Crippen LogP contribution in [-0.2, 0) is 6.54 Å². The van der Waals surface area contributed by atoms with Gasteiger partial charge >= 0.3 is 6.08 Å². The quantitative estimate of drug-likeness (QED) is 0.690. The number of oxazole rings is 1. The van der Waals surface area contributed by atoms with Crippen molar-refractivity contribution >= 4 is 0 Å². The van der Waals surface area contributed by atoms with Gasteiger partial charge in [0.15, 0.2) is 0 Å². The molecular weight excluding hydrogens is 240 g/mol. The molecule has 0 saturated heterocycles. The summed E-state index contributed by atoms with van der Waals surface area (Å²) in [7, 11) is 0. The Bertz CT molecular complexity index is 342. The highest BCUT2D eigenvalue weighted by Crippen LogP contribution is 2.12. The Hall–Kier alpha value is -1.03. The van der Waals surface area contributed by atoms with Crippen LogP contribution in [0.4, 0.5) is 0 Å². The van der Waals surface area contributed by atoms with Gasteiger partial charge in [-0.25, -0.2) is 0 Å². The summed E-state index contributed by atoms with van der Waals surface area (Å²) in [6.45, 7) is 9.99. The molecule has 0 unspecified atom stereocenters. The summed E-state index contributed by atoms with van der Waals surface area (Å²) in [4.78, 5) is 4.30. The zero-order valence-electron chi connectivity index (χ0n) is 12.8. The second-order valence-electron chi connectivity index (χ2n) is 5.97. The van der Waals surface area contributed by atoms with Crippen LogP contribution in [0.15, 0.2) is 10.7 Å². The SMILES string of the molecule is CCCCCCCOc1nc(CNC(C)(C)C)co1. The molecule has 4 nitrogen and oxygen atoms in total. The van der Waals surface area contributed by atoms with Crippen LogP contribution < -0.4 is 10.1 Å². The average molecular weight is 268 g/mol. The zero-order chi connectivity index (χ0) is 14.1. The number of hydrogen-bond acceptors (Lipinski definition) is 4. The first-order chi connectivity index (χ1) is 9.01. The van der Waals surface area contributed by atoms with Crippen LogP contribution in [0.5, 0.6) is 6.08 Å². The highest BCUT2D eigenvalue weighted by Gasteiger charge is 2.11. The van der Waals surface area contributed by atoms with Crippen LogP contribution in [0.3, 0.4) is 0 Å². The van der Waals surface area contributed by atoms with Gasteiger partial charge in [0.2, 0.25) is 0 Å². The van der Waals surface area contributed by atoms with E-state index in [4.69, 9.17) is 9.15 Å². The minimum atomic E-state index is 0.0826. The highest BCUT2D eigenvalue weighted by atomic mass is 16.6. The molecule has 4 heteroatoms. The van der Waals surface area contributed by atoms with Gasteiger partial charge in [0.1, 0.15) is 6.26 Å². The molecule has 0 radical (unpaired) electrons. The number of aromatic nitrogens is 1. The van der Waals surface area contributed by atoms with Crippen LogP contribution in [0.2, 0.25) is 0 Å². The minimum absolute atomic E-state index is 0.0826. The number of nitrogens with zero attached hydrogens (tertiary/aromatic N) is 1. The topological polar surface area (TPSA) is 47.3 Å². The predicted octanol–water partition coefficient (Wildman–Crippen LogP) is 3.91. The monoisotopic (exact) mass is 268 g/mol. The van der Waals surface area contributed by atoms with E-state index in [9.17, 15) is 0 Å². The molecule has 1 aromatic rings. The van der Waals surface area contributed by atoms with E-state index >= 15 is 0 Å². The standard InChI is InChI=1S/C15H28N2O2/c1-5-6-7-8-9-10-18-14-17-13(12-19-14)11-16-15(2,3)4/h12,16H,5-11H2,1-4H3. The molecule has 0 aliphatic rings. The fourth-order valence-electron chi connectivity index (χ4n) is 1.66. The van der Waals surface area contributed by atoms with Crippen LogP contribution in [0.1, 0.15) is 65.5 Å². The Morgan fingerprint density at radius 1 is 1.21 bits per heavy atom. The fraction of sp³-hybridized carbons (Fsp3) is 0.800. The molecule has 1 heterocycles. The third kappa shape index (κ3) is 7.88. The van der Waals surface area contributed by atoms with Gasteiger partial charge in [-0.3, -0.25) is 0 Å². The van der Waals surface area contributed by atoms with Crippen LogP contribution in [-0.4, -0.2) is 17.1 Å². The van der Waals surface area contributed by atoms with E-state index in [0.717, 1.165) is 12.1 Å². The molecule has 0 bridgehead atoms. The average Bonchev–Trinajstić information content (AvgIpc) is 2.78. The molecule has 0 aromatic carbocycles. The minimum Gasteiger partial charge on any atom is -0.450 e. The van der Waals surface area contributed by atoms with E-state index in [1.165, 1.54) is 25.7 Å². The Kier molecular flexibility index (Phi) is 6.92. The van der Waals surface area contributed by atoms with Crippen molar-refractivity contribution in [2.75, 3.05) is 6.61 Å². The molecule has 0 atom stereocenters. The molecule has 0 spiro atoms. The molecule has 0 aliphatic heterocycles. The lowest BCUT2D eigenvalue weighted by Gasteiger charge is -2.19. The Balaban J connectivity index is 2.16. The molecule has 110 valence electrons. The van der Waals surface area contributed by atoms with Crippen molar-refractivity contribution < 1.29 is 9.15 Å². The van der Waals surface area contributed by atoms with Crippen LogP contribution >= 0.6 is 0 Å². The van der Waals surface area contributed by atoms with Crippen molar-refractivity contribution in [2.24, 2.45) is 0 Å². The molecule has 0 fully saturated rings. The molecule has 1 aromatic heterocycles. The van der Waals surface area contributed by atoms with E-state index in [1.54, 1.807) is 6.26 Å². The summed E-state index contributed by atoms with van der Waals surface area (Å²) in [6, 6.07) is 0. The van der Waals surface area contributed by atoms with Gasteiger partial charge in [0.25, 0.3) is 0 Å². The second-order valence-corrected chi connectivity index (χ2v) is 5.97. The number of ether oxygens (including phenoxy) is 1. The van der Waals surface area contributed by atoms with E-state index in [-0.39, 0.29) is 5.54 Å². The van der Waals surface area contributed by atoms with Gasteiger partial charge < -0.3 is 14.5 Å². The Labute approximate surface area is 116 Å². The molecule has 0 saturated carbocycles. The fourth-order valence-corrected chi connectivity index (χ4v) is 1.66. The molecule has 1 N–H and O–H groups in total. The maximum atomic E-state index is 5.49. The molecule has 19 heavy (non-hydrogen) atoms. The Morgan fingerprint density at radius 2 is 1.95 bits per heavy atom. The third-order valence-corrected chi connectivity index (χ3v) is 2.80. The number of unbranched alkanes of at least 4 members (excludes halogenated alkanes) is 4. The van der Waals surface area contributed by atoms with Crippen molar-refractivity contribution in [1.82, 2.24) is 10.3 Å². The van der Waals surface area contributed by atoms with Crippen molar-refractivity contribution in [3.05, 3.63) is 12.0 Å². The van der Waals surface area contributed by atoms with Gasteiger partial charge in [-0.15, -0.1) is 0 Å².